The minimum Gasteiger partial charge on any atom is -0.367 e. The highest BCUT2D eigenvalue weighted by Crippen LogP contribution is 2.29. The molecule has 1 fully saturated rings. The third kappa shape index (κ3) is 3.04. The van der Waals surface area contributed by atoms with Gasteiger partial charge in [-0.15, -0.1) is 0 Å². The lowest BCUT2D eigenvalue weighted by Gasteiger charge is -2.44. The standard InChI is InChI=1S/C14H18BrN3/c1-14(2)10-18(9-11(17-14)7-8-16)13-6-4-3-5-12(13)15/h3-6,11,17H,7,9-10H2,1-2H3. The molecule has 18 heavy (non-hydrogen) atoms. The van der Waals surface area contributed by atoms with Gasteiger partial charge in [-0.05, 0) is 41.9 Å². The Morgan fingerprint density at radius 1 is 1.50 bits per heavy atom. The van der Waals surface area contributed by atoms with E-state index in [4.69, 9.17) is 5.26 Å². The first-order valence-electron chi connectivity index (χ1n) is 6.16. The zero-order valence-electron chi connectivity index (χ0n) is 10.8. The largest absolute Gasteiger partial charge is 0.367 e. The Morgan fingerprint density at radius 3 is 2.89 bits per heavy atom. The van der Waals surface area contributed by atoms with E-state index in [9.17, 15) is 0 Å². The van der Waals surface area contributed by atoms with Gasteiger partial charge in [0.25, 0.3) is 0 Å². The molecule has 1 atom stereocenters. The minimum atomic E-state index is 0.0229. The first-order valence-corrected chi connectivity index (χ1v) is 6.95. The number of nitriles is 1. The molecule has 96 valence electrons. The van der Waals surface area contributed by atoms with Crippen LogP contribution in [0.1, 0.15) is 20.3 Å². The third-order valence-corrected chi connectivity index (χ3v) is 3.82. The van der Waals surface area contributed by atoms with Crippen molar-refractivity contribution >= 4 is 21.6 Å². The number of halogens is 1. The summed E-state index contributed by atoms with van der Waals surface area (Å²) in [4.78, 5) is 2.35. The predicted molar refractivity (Wildman–Crippen MR) is 77.6 cm³/mol. The molecule has 0 aromatic heterocycles. The third-order valence-electron chi connectivity index (χ3n) is 3.15. The van der Waals surface area contributed by atoms with Gasteiger partial charge in [0, 0.05) is 29.1 Å². The highest BCUT2D eigenvalue weighted by Gasteiger charge is 2.32. The van der Waals surface area contributed by atoms with Crippen molar-refractivity contribution in [2.75, 3.05) is 18.0 Å². The molecular formula is C14H18BrN3. The van der Waals surface area contributed by atoms with E-state index in [-0.39, 0.29) is 11.6 Å². The van der Waals surface area contributed by atoms with Crippen molar-refractivity contribution in [3.8, 4) is 6.07 Å². The average Bonchev–Trinajstić information content (AvgIpc) is 2.27. The van der Waals surface area contributed by atoms with Gasteiger partial charge >= 0.3 is 0 Å². The maximum absolute atomic E-state index is 8.88. The van der Waals surface area contributed by atoms with E-state index in [2.05, 4.69) is 64.3 Å². The van der Waals surface area contributed by atoms with Gasteiger partial charge in [0.2, 0.25) is 0 Å². The monoisotopic (exact) mass is 307 g/mol. The molecule has 4 heteroatoms. The molecule has 1 N–H and O–H groups in total. The molecule has 2 rings (SSSR count). The number of nitrogens with zero attached hydrogens (tertiary/aromatic N) is 2. The van der Waals surface area contributed by atoms with Gasteiger partial charge in [0.05, 0.1) is 18.2 Å². The first kappa shape index (κ1) is 13.4. The molecule has 1 aromatic rings. The number of hydrogen-bond acceptors (Lipinski definition) is 3. The van der Waals surface area contributed by atoms with Gasteiger partial charge < -0.3 is 10.2 Å². The second-order valence-corrected chi connectivity index (χ2v) is 6.27. The van der Waals surface area contributed by atoms with Crippen molar-refractivity contribution in [1.82, 2.24) is 5.32 Å². The topological polar surface area (TPSA) is 39.1 Å². The molecule has 1 heterocycles. The molecule has 1 aliphatic heterocycles. The molecular weight excluding hydrogens is 290 g/mol. The van der Waals surface area contributed by atoms with Gasteiger partial charge in [-0.2, -0.15) is 5.26 Å². The van der Waals surface area contributed by atoms with Crippen molar-refractivity contribution in [3.05, 3.63) is 28.7 Å². The van der Waals surface area contributed by atoms with Crippen LogP contribution in [0, 0.1) is 11.3 Å². The van der Waals surface area contributed by atoms with Crippen molar-refractivity contribution < 1.29 is 0 Å². The Labute approximate surface area is 117 Å². The molecule has 0 saturated carbocycles. The number of para-hydroxylation sites is 1. The zero-order valence-corrected chi connectivity index (χ0v) is 12.4. The lowest BCUT2D eigenvalue weighted by Crippen LogP contribution is -2.62. The zero-order chi connectivity index (χ0) is 13.2. The quantitative estimate of drug-likeness (QED) is 0.913. The van der Waals surface area contributed by atoms with E-state index in [1.165, 1.54) is 5.69 Å². The highest BCUT2D eigenvalue weighted by atomic mass is 79.9. The van der Waals surface area contributed by atoms with Crippen molar-refractivity contribution in [2.45, 2.75) is 31.8 Å². The molecule has 0 amide bonds. The Balaban J connectivity index is 2.23. The normalized spacial score (nSPS) is 22.6. The van der Waals surface area contributed by atoms with Crippen LogP contribution in [0.3, 0.4) is 0 Å². The molecule has 0 spiro atoms. The highest BCUT2D eigenvalue weighted by molar-refractivity contribution is 9.10. The number of hydrogen-bond donors (Lipinski definition) is 1. The number of piperazine rings is 1. The molecule has 1 aromatic carbocycles. The van der Waals surface area contributed by atoms with E-state index in [0.29, 0.717) is 6.42 Å². The fraction of sp³-hybridized carbons (Fsp3) is 0.500. The van der Waals surface area contributed by atoms with Crippen molar-refractivity contribution in [2.24, 2.45) is 0 Å². The van der Waals surface area contributed by atoms with Gasteiger partial charge in [-0.3, -0.25) is 0 Å². The summed E-state index contributed by atoms with van der Waals surface area (Å²) >= 11 is 3.60. The average molecular weight is 308 g/mol. The lowest BCUT2D eigenvalue weighted by atomic mass is 9.97. The SMILES string of the molecule is CC1(C)CN(c2ccccc2Br)CC(CC#N)N1. The van der Waals surface area contributed by atoms with Crippen LogP contribution >= 0.6 is 15.9 Å². The summed E-state index contributed by atoms with van der Waals surface area (Å²) in [7, 11) is 0. The van der Waals surface area contributed by atoms with Crippen LogP contribution in [-0.4, -0.2) is 24.7 Å². The maximum Gasteiger partial charge on any atom is 0.0638 e. The summed E-state index contributed by atoms with van der Waals surface area (Å²) in [6.07, 6.45) is 0.546. The molecule has 0 radical (unpaired) electrons. The summed E-state index contributed by atoms with van der Waals surface area (Å²) in [6.45, 7) is 6.18. The van der Waals surface area contributed by atoms with Gasteiger partial charge in [0.15, 0.2) is 0 Å². The molecule has 1 aliphatic rings. The van der Waals surface area contributed by atoms with Crippen LogP contribution in [0.4, 0.5) is 5.69 Å². The summed E-state index contributed by atoms with van der Waals surface area (Å²) in [5, 5.41) is 12.4. The van der Waals surface area contributed by atoms with Crippen LogP contribution in [0.2, 0.25) is 0 Å². The summed E-state index contributed by atoms with van der Waals surface area (Å²) in [6, 6.07) is 10.7. The maximum atomic E-state index is 8.88. The van der Waals surface area contributed by atoms with Crippen LogP contribution in [0.25, 0.3) is 0 Å². The summed E-state index contributed by atoms with van der Waals surface area (Å²) in [5.41, 5.74) is 1.23. The Hall–Kier alpha value is -1.05. The van der Waals surface area contributed by atoms with E-state index in [1.54, 1.807) is 0 Å². The summed E-state index contributed by atoms with van der Waals surface area (Å²) < 4.78 is 1.11. The molecule has 0 aliphatic carbocycles. The van der Waals surface area contributed by atoms with E-state index in [0.717, 1.165) is 17.6 Å². The van der Waals surface area contributed by atoms with Crippen molar-refractivity contribution in [3.63, 3.8) is 0 Å². The van der Waals surface area contributed by atoms with E-state index < -0.39 is 0 Å². The Bertz CT molecular complexity index is 464. The summed E-state index contributed by atoms with van der Waals surface area (Å²) in [5.74, 6) is 0. The van der Waals surface area contributed by atoms with Gasteiger partial charge in [-0.1, -0.05) is 12.1 Å². The van der Waals surface area contributed by atoms with Crippen LogP contribution < -0.4 is 10.2 Å². The number of nitrogens with one attached hydrogen (secondary N) is 1. The second kappa shape index (κ2) is 5.29. The molecule has 1 saturated heterocycles. The predicted octanol–water partition coefficient (Wildman–Crippen LogP) is 2.92. The van der Waals surface area contributed by atoms with Crippen molar-refractivity contribution in [1.29, 1.82) is 5.26 Å². The smallest absolute Gasteiger partial charge is 0.0638 e. The Kier molecular flexibility index (Phi) is 3.94. The lowest BCUT2D eigenvalue weighted by molar-refractivity contribution is 0.291. The number of benzene rings is 1. The van der Waals surface area contributed by atoms with Crippen LogP contribution in [0.15, 0.2) is 28.7 Å². The first-order chi connectivity index (χ1) is 8.52. The minimum absolute atomic E-state index is 0.0229. The molecule has 0 bridgehead atoms. The van der Waals surface area contributed by atoms with E-state index >= 15 is 0 Å². The fourth-order valence-corrected chi connectivity index (χ4v) is 3.10. The molecule has 3 nitrogen and oxygen atoms in total. The number of anilines is 1. The fourth-order valence-electron chi connectivity index (χ4n) is 2.57. The Morgan fingerprint density at radius 2 is 2.22 bits per heavy atom. The molecule has 1 unspecified atom stereocenters. The van der Waals surface area contributed by atoms with E-state index in [1.807, 2.05) is 6.07 Å². The second-order valence-electron chi connectivity index (χ2n) is 5.42. The van der Waals surface area contributed by atoms with Gasteiger partial charge in [0.1, 0.15) is 0 Å². The van der Waals surface area contributed by atoms with Gasteiger partial charge in [-0.25, -0.2) is 0 Å². The number of rotatable bonds is 2. The van der Waals surface area contributed by atoms with Crippen LogP contribution in [0.5, 0.6) is 0 Å². The van der Waals surface area contributed by atoms with Crippen LogP contribution in [-0.2, 0) is 0 Å².